The van der Waals surface area contributed by atoms with Crippen LogP contribution in [0.25, 0.3) is 0 Å². The fraction of sp³-hybridized carbons (Fsp3) is 0.240. The molecule has 0 amide bonds. The minimum absolute atomic E-state index is 0.509. The van der Waals surface area contributed by atoms with E-state index >= 15 is 0 Å². The molecule has 3 aromatic rings. The number of rotatable bonds is 7. The summed E-state index contributed by atoms with van der Waals surface area (Å²) in [6.45, 7) is 2.53. The third-order valence-corrected chi connectivity index (χ3v) is 6.65. The number of hydrogen-bond acceptors (Lipinski definition) is 3. The normalized spacial score (nSPS) is 21.5. The minimum atomic E-state index is -1.16. The number of hydrogen-bond donors (Lipinski definition) is 0. The molecule has 0 aliphatic heterocycles. The van der Waals surface area contributed by atoms with Gasteiger partial charge in [0.15, 0.2) is 0 Å². The van der Waals surface area contributed by atoms with Crippen molar-refractivity contribution in [3.63, 3.8) is 0 Å². The maximum atomic E-state index is 9.74. The monoisotopic (exact) mass is 437 g/mol. The highest BCUT2D eigenvalue weighted by atomic mass is 35.5. The molecule has 0 radical (unpaired) electrons. The molecule has 0 heterocycles. The highest BCUT2D eigenvalue weighted by Gasteiger charge is 2.77. The van der Waals surface area contributed by atoms with Crippen LogP contribution in [-0.4, -0.2) is 10.9 Å². The van der Waals surface area contributed by atoms with Crippen molar-refractivity contribution in [2.45, 2.75) is 23.1 Å². The Labute approximate surface area is 186 Å². The Morgan fingerprint density at radius 3 is 2.23 bits per heavy atom. The van der Waals surface area contributed by atoms with Gasteiger partial charge in [-0.15, -0.1) is 0 Å². The highest BCUT2D eigenvalue weighted by molar-refractivity contribution is 6.53. The molecule has 152 valence electrons. The van der Waals surface area contributed by atoms with Crippen LogP contribution in [-0.2, 0) is 11.8 Å². The van der Waals surface area contributed by atoms with E-state index in [0.29, 0.717) is 13.0 Å². The first-order chi connectivity index (χ1) is 14.5. The van der Waals surface area contributed by atoms with Crippen LogP contribution < -0.4 is 9.47 Å². The molecular formula is C25H21Cl2NO2. The number of ether oxygens (including phenoxy) is 2. The summed E-state index contributed by atoms with van der Waals surface area (Å²) < 4.78 is 10.3. The average molecular weight is 438 g/mol. The van der Waals surface area contributed by atoms with E-state index in [9.17, 15) is 5.26 Å². The van der Waals surface area contributed by atoms with Crippen LogP contribution in [0.1, 0.15) is 18.1 Å². The average Bonchev–Trinajstić information content (AvgIpc) is 3.23. The molecule has 2 unspecified atom stereocenters. The van der Waals surface area contributed by atoms with E-state index in [4.69, 9.17) is 32.7 Å². The van der Waals surface area contributed by atoms with Gasteiger partial charge in [-0.1, -0.05) is 65.7 Å². The molecule has 0 saturated heterocycles. The Hall–Kier alpha value is -2.67. The molecule has 4 rings (SSSR count). The molecule has 1 aliphatic carbocycles. The third kappa shape index (κ3) is 3.62. The van der Waals surface area contributed by atoms with E-state index < -0.39 is 15.7 Å². The Bertz CT molecular complexity index is 1060. The number of halogens is 2. The standard InChI is InChI=1S/C25H21Cl2NO2/c1-2-29-20-13-11-19(12-14-20)24(23(17-28)25(24,26)27)16-18-7-6-10-22(15-18)30-21-8-4-3-5-9-21/h3-15,23H,2,16H2,1H3. The van der Waals surface area contributed by atoms with E-state index in [2.05, 4.69) is 6.07 Å². The van der Waals surface area contributed by atoms with Crippen molar-refractivity contribution in [3.05, 3.63) is 90.0 Å². The van der Waals surface area contributed by atoms with Crippen LogP contribution in [0.2, 0.25) is 0 Å². The SMILES string of the molecule is CCOc1ccc(C2(Cc3cccc(Oc4ccccc4)c3)C(C#N)C2(Cl)Cl)cc1. The molecule has 5 heteroatoms. The van der Waals surface area contributed by atoms with Gasteiger partial charge in [-0.2, -0.15) is 5.26 Å². The summed E-state index contributed by atoms with van der Waals surface area (Å²) in [5.74, 6) is 1.76. The summed E-state index contributed by atoms with van der Waals surface area (Å²) >= 11 is 13.3. The van der Waals surface area contributed by atoms with Crippen LogP contribution in [0.3, 0.4) is 0 Å². The van der Waals surface area contributed by atoms with E-state index in [0.717, 1.165) is 28.4 Å². The van der Waals surface area contributed by atoms with Crippen molar-refractivity contribution in [2.75, 3.05) is 6.61 Å². The smallest absolute Gasteiger partial charge is 0.146 e. The molecular weight excluding hydrogens is 417 g/mol. The lowest BCUT2D eigenvalue weighted by molar-refractivity contribution is 0.340. The van der Waals surface area contributed by atoms with Gasteiger partial charge in [-0.25, -0.2) is 0 Å². The lowest BCUT2D eigenvalue weighted by Crippen LogP contribution is -2.19. The lowest BCUT2D eigenvalue weighted by atomic mass is 9.86. The molecule has 1 fully saturated rings. The molecule has 3 nitrogen and oxygen atoms in total. The first kappa shape index (κ1) is 20.6. The molecule has 2 atom stereocenters. The zero-order chi connectivity index (χ0) is 21.2. The third-order valence-electron chi connectivity index (χ3n) is 5.54. The quantitative estimate of drug-likeness (QED) is 0.386. The molecule has 0 spiro atoms. The van der Waals surface area contributed by atoms with Gasteiger partial charge in [0.25, 0.3) is 0 Å². The Kier molecular flexibility index (Phi) is 5.64. The second-order valence-electron chi connectivity index (χ2n) is 7.35. The van der Waals surface area contributed by atoms with Gasteiger partial charge < -0.3 is 9.47 Å². The number of alkyl halides is 2. The van der Waals surface area contributed by atoms with Gasteiger partial charge in [0, 0.05) is 0 Å². The van der Waals surface area contributed by atoms with E-state index in [-0.39, 0.29) is 0 Å². The van der Waals surface area contributed by atoms with E-state index in [1.54, 1.807) is 0 Å². The first-order valence-electron chi connectivity index (χ1n) is 9.84. The zero-order valence-electron chi connectivity index (χ0n) is 16.5. The molecule has 3 aromatic carbocycles. The number of benzene rings is 3. The van der Waals surface area contributed by atoms with Gasteiger partial charge in [0.1, 0.15) is 21.6 Å². The Morgan fingerprint density at radius 2 is 1.60 bits per heavy atom. The summed E-state index contributed by atoms with van der Waals surface area (Å²) in [6.07, 6.45) is 0.526. The molecule has 0 N–H and O–H groups in total. The molecule has 0 aromatic heterocycles. The summed E-state index contributed by atoms with van der Waals surface area (Å²) in [4.78, 5) is 0. The number of nitriles is 1. The predicted octanol–water partition coefficient (Wildman–Crippen LogP) is 6.69. The molecule has 1 saturated carbocycles. The summed E-state index contributed by atoms with van der Waals surface area (Å²) in [5, 5.41) is 9.74. The van der Waals surface area contributed by atoms with Crippen molar-refractivity contribution in [1.82, 2.24) is 0 Å². The van der Waals surface area contributed by atoms with Gasteiger partial charge in [0.2, 0.25) is 0 Å². The fourth-order valence-corrected chi connectivity index (χ4v) is 4.94. The summed E-state index contributed by atoms with van der Waals surface area (Å²) in [7, 11) is 0. The molecule has 30 heavy (non-hydrogen) atoms. The van der Waals surface area contributed by atoms with Crippen LogP contribution in [0, 0.1) is 17.2 Å². The maximum Gasteiger partial charge on any atom is 0.146 e. The zero-order valence-corrected chi connectivity index (χ0v) is 18.0. The molecule has 0 bridgehead atoms. The van der Waals surface area contributed by atoms with Gasteiger partial charge in [-0.05, 0) is 60.9 Å². The van der Waals surface area contributed by atoms with Crippen molar-refractivity contribution >= 4 is 23.2 Å². The second kappa shape index (κ2) is 8.22. The summed E-state index contributed by atoms with van der Waals surface area (Å²) in [6, 6.07) is 27.4. The van der Waals surface area contributed by atoms with Crippen LogP contribution in [0.4, 0.5) is 0 Å². The topological polar surface area (TPSA) is 42.2 Å². The minimum Gasteiger partial charge on any atom is -0.494 e. The number of para-hydroxylation sites is 1. The second-order valence-corrected chi connectivity index (χ2v) is 8.74. The van der Waals surface area contributed by atoms with Gasteiger partial charge >= 0.3 is 0 Å². The first-order valence-corrected chi connectivity index (χ1v) is 10.6. The highest BCUT2D eigenvalue weighted by Crippen LogP contribution is 2.70. The van der Waals surface area contributed by atoms with Crippen LogP contribution >= 0.6 is 23.2 Å². The fourth-order valence-electron chi connectivity index (χ4n) is 4.01. The Balaban J connectivity index is 1.64. The van der Waals surface area contributed by atoms with Gasteiger partial charge in [0.05, 0.1) is 24.0 Å². The van der Waals surface area contributed by atoms with Crippen LogP contribution in [0.5, 0.6) is 17.2 Å². The van der Waals surface area contributed by atoms with E-state index in [1.807, 2.05) is 85.8 Å². The lowest BCUT2D eigenvalue weighted by Gasteiger charge is -2.20. The largest absolute Gasteiger partial charge is 0.494 e. The molecule has 1 aliphatic rings. The Morgan fingerprint density at radius 1 is 0.900 bits per heavy atom. The van der Waals surface area contributed by atoms with Crippen molar-refractivity contribution in [3.8, 4) is 23.3 Å². The van der Waals surface area contributed by atoms with Gasteiger partial charge in [-0.3, -0.25) is 0 Å². The predicted molar refractivity (Wildman–Crippen MR) is 119 cm³/mol. The number of nitrogens with zero attached hydrogens (tertiary/aromatic N) is 1. The summed E-state index contributed by atoms with van der Waals surface area (Å²) in [5.41, 5.74) is 1.23. The van der Waals surface area contributed by atoms with Crippen molar-refractivity contribution < 1.29 is 9.47 Å². The maximum absolute atomic E-state index is 9.74. The van der Waals surface area contributed by atoms with Crippen molar-refractivity contribution in [2.24, 2.45) is 5.92 Å². The van der Waals surface area contributed by atoms with Crippen LogP contribution in [0.15, 0.2) is 78.9 Å². The van der Waals surface area contributed by atoms with Crippen molar-refractivity contribution in [1.29, 1.82) is 5.26 Å². The van der Waals surface area contributed by atoms with E-state index in [1.165, 1.54) is 0 Å².